The lowest BCUT2D eigenvalue weighted by Crippen LogP contribution is -2.32. The van der Waals surface area contributed by atoms with Gasteiger partial charge in [0.15, 0.2) is 0 Å². The van der Waals surface area contributed by atoms with Crippen LogP contribution in [0.5, 0.6) is 0 Å². The van der Waals surface area contributed by atoms with E-state index in [9.17, 15) is 26.4 Å². The number of alkyl halides is 2. The number of sulfone groups is 1. The Morgan fingerprint density at radius 1 is 1.35 bits per heavy atom. The summed E-state index contributed by atoms with van der Waals surface area (Å²) in [5.41, 5.74) is -1.13. The summed E-state index contributed by atoms with van der Waals surface area (Å²) in [6, 6.07) is 1.48. The maximum absolute atomic E-state index is 13.6. The highest BCUT2D eigenvalue weighted by Gasteiger charge is 2.31. The zero-order valence-corrected chi connectivity index (χ0v) is 14.9. The van der Waals surface area contributed by atoms with E-state index in [1.165, 1.54) is 0 Å². The average molecular weight is 418 g/mol. The van der Waals surface area contributed by atoms with Crippen molar-refractivity contribution in [2.75, 3.05) is 0 Å². The molecule has 0 saturated heterocycles. The number of rotatable bonds is 4. The Kier molecular flexibility index (Phi) is 6.08. The van der Waals surface area contributed by atoms with E-state index in [0.717, 1.165) is 12.1 Å². The van der Waals surface area contributed by atoms with Crippen molar-refractivity contribution in [2.24, 2.45) is 0 Å². The first-order valence-corrected chi connectivity index (χ1v) is 8.66. The van der Waals surface area contributed by atoms with Gasteiger partial charge >= 0.3 is 11.9 Å². The van der Waals surface area contributed by atoms with Gasteiger partial charge in [-0.1, -0.05) is 0 Å². The number of hydrogen-bond acceptors (Lipinski definition) is 4. The molecule has 0 aliphatic carbocycles. The number of nitrogens with one attached hydrogen (secondary N) is 1. The van der Waals surface area contributed by atoms with Crippen molar-refractivity contribution in [3.63, 3.8) is 0 Å². The van der Waals surface area contributed by atoms with Crippen LogP contribution in [0.25, 0.3) is 0 Å². The van der Waals surface area contributed by atoms with Gasteiger partial charge in [-0.2, -0.15) is 8.78 Å². The predicted molar refractivity (Wildman–Crippen MR) is 80.4 cm³/mol. The van der Waals surface area contributed by atoms with E-state index in [1.807, 2.05) is 0 Å². The van der Waals surface area contributed by atoms with E-state index in [-0.39, 0.29) is 10.0 Å². The predicted octanol–water partition coefficient (Wildman–Crippen LogP) is 3.61. The van der Waals surface area contributed by atoms with Gasteiger partial charge < -0.3 is 10.1 Å². The fourth-order valence-electron chi connectivity index (χ4n) is 1.58. The highest BCUT2D eigenvalue weighted by atomic mass is 79.9. The first-order chi connectivity index (χ1) is 10.4. The molecule has 10 heteroatoms. The van der Waals surface area contributed by atoms with Gasteiger partial charge in [-0.05, 0) is 48.8 Å². The van der Waals surface area contributed by atoms with Crippen LogP contribution in [0.2, 0.25) is 0 Å². The number of halogens is 4. The molecule has 1 amide bonds. The maximum Gasteiger partial charge on any atom is 0.407 e. The standard InChI is InChI=1S/C13H15BrF3NO4S/c1-13(2,3)22-12(19)18-6-7-9(23(20,21)11(16)17)5-4-8(15)10(7)14/h4-5,11H,6H2,1-3H3,(H,18,19). The highest BCUT2D eigenvalue weighted by molar-refractivity contribution is 9.10. The summed E-state index contributed by atoms with van der Waals surface area (Å²) in [6.07, 6.45) is -0.894. The molecule has 0 spiro atoms. The van der Waals surface area contributed by atoms with Crippen molar-refractivity contribution in [2.45, 2.75) is 43.6 Å². The second-order valence-electron chi connectivity index (χ2n) is 5.50. The lowest BCUT2D eigenvalue weighted by atomic mass is 10.2. The largest absolute Gasteiger partial charge is 0.444 e. The molecule has 0 aliphatic heterocycles. The second kappa shape index (κ2) is 7.08. The molecule has 5 nitrogen and oxygen atoms in total. The summed E-state index contributed by atoms with van der Waals surface area (Å²) in [5.74, 6) is -4.51. The van der Waals surface area contributed by atoms with E-state index in [1.54, 1.807) is 20.8 Å². The molecule has 0 atom stereocenters. The zero-order chi connectivity index (χ0) is 18.0. The molecule has 0 radical (unpaired) electrons. The van der Waals surface area contributed by atoms with E-state index in [0.29, 0.717) is 0 Å². The average Bonchev–Trinajstić information content (AvgIpc) is 2.37. The topological polar surface area (TPSA) is 72.5 Å². The van der Waals surface area contributed by atoms with Gasteiger partial charge in [0.05, 0.1) is 9.37 Å². The molecule has 130 valence electrons. The minimum absolute atomic E-state index is 0.323. The van der Waals surface area contributed by atoms with E-state index in [2.05, 4.69) is 21.2 Å². The van der Waals surface area contributed by atoms with Gasteiger partial charge in [0.25, 0.3) is 0 Å². The van der Waals surface area contributed by atoms with E-state index >= 15 is 0 Å². The molecule has 0 bridgehead atoms. The molecule has 0 saturated carbocycles. The van der Waals surface area contributed by atoms with Gasteiger partial charge in [-0.15, -0.1) is 0 Å². The van der Waals surface area contributed by atoms with Crippen molar-refractivity contribution < 1.29 is 31.1 Å². The SMILES string of the molecule is CC(C)(C)OC(=O)NCc1c(S(=O)(=O)C(F)F)ccc(F)c1Br. The smallest absolute Gasteiger partial charge is 0.407 e. The molecular weight excluding hydrogens is 403 g/mol. The van der Waals surface area contributed by atoms with Crippen molar-refractivity contribution in [3.8, 4) is 0 Å². The third-order valence-electron chi connectivity index (χ3n) is 2.50. The van der Waals surface area contributed by atoms with Crippen LogP contribution in [0.4, 0.5) is 18.0 Å². The quantitative estimate of drug-likeness (QED) is 0.759. The Morgan fingerprint density at radius 2 is 1.91 bits per heavy atom. The number of benzene rings is 1. The van der Waals surface area contributed by atoms with Gasteiger partial charge in [-0.3, -0.25) is 0 Å². The number of ether oxygens (including phenoxy) is 1. The first-order valence-electron chi connectivity index (χ1n) is 6.32. The van der Waals surface area contributed by atoms with Crippen molar-refractivity contribution in [1.29, 1.82) is 0 Å². The zero-order valence-electron chi connectivity index (χ0n) is 12.5. The number of alkyl carbamates (subject to hydrolysis) is 1. The van der Waals surface area contributed by atoms with Crippen LogP contribution >= 0.6 is 15.9 Å². The number of carbonyl (C=O) groups excluding carboxylic acids is 1. The molecule has 0 fully saturated rings. The van der Waals surface area contributed by atoms with Gasteiger partial charge in [0.1, 0.15) is 11.4 Å². The third kappa shape index (κ3) is 5.10. The molecule has 1 aromatic carbocycles. The van der Waals surface area contributed by atoms with Crippen LogP contribution in [0, 0.1) is 5.82 Å². The van der Waals surface area contributed by atoms with Crippen LogP contribution in [-0.2, 0) is 21.1 Å². The van der Waals surface area contributed by atoms with Crippen LogP contribution in [0.15, 0.2) is 21.5 Å². The first kappa shape index (κ1) is 19.8. The minimum atomic E-state index is -4.95. The maximum atomic E-state index is 13.6. The molecule has 1 rings (SSSR count). The monoisotopic (exact) mass is 417 g/mol. The van der Waals surface area contributed by atoms with Gasteiger partial charge in [0.2, 0.25) is 9.84 Å². The number of carbonyl (C=O) groups is 1. The summed E-state index contributed by atoms with van der Waals surface area (Å²) in [5, 5.41) is 2.21. The summed E-state index contributed by atoms with van der Waals surface area (Å²) < 4.78 is 66.9. The number of amides is 1. The summed E-state index contributed by atoms with van der Waals surface area (Å²) in [4.78, 5) is 10.8. The summed E-state index contributed by atoms with van der Waals surface area (Å²) in [7, 11) is -4.95. The molecule has 23 heavy (non-hydrogen) atoms. The molecule has 0 aliphatic rings. The lowest BCUT2D eigenvalue weighted by Gasteiger charge is -2.20. The second-order valence-corrected chi connectivity index (χ2v) is 8.18. The highest BCUT2D eigenvalue weighted by Crippen LogP contribution is 2.30. The normalized spacial score (nSPS) is 12.3. The molecule has 0 heterocycles. The minimum Gasteiger partial charge on any atom is -0.444 e. The number of hydrogen-bond donors (Lipinski definition) is 1. The molecule has 0 unspecified atom stereocenters. The fraction of sp³-hybridized carbons (Fsp3) is 0.462. The Hall–Kier alpha value is -1.29. The summed E-state index contributed by atoms with van der Waals surface area (Å²) >= 11 is 2.81. The Balaban J connectivity index is 3.15. The van der Waals surface area contributed by atoms with Crippen molar-refractivity contribution in [1.82, 2.24) is 5.32 Å². The van der Waals surface area contributed by atoms with Crippen LogP contribution in [0.1, 0.15) is 26.3 Å². The van der Waals surface area contributed by atoms with E-state index in [4.69, 9.17) is 4.74 Å². The Labute approximate surface area is 140 Å². The summed E-state index contributed by atoms with van der Waals surface area (Å²) in [6.45, 7) is 4.32. The lowest BCUT2D eigenvalue weighted by molar-refractivity contribution is 0.0523. The third-order valence-corrected chi connectivity index (χ3v) is 4.82. The van der Waals surface area contributed by atoms with Crippen LogP contribution in [0.3, 0.4) is 0 Å². The van der Waals surface area contributed by atoms with E-state index < -0.39 is 44.5 Å². The molecule has 0 aromatic heterocycles. The van der Waals surface area contributed by atoms with Crippen molar-refractivity contribution >= 4 is 31.9 Å². The van der Waals surface area contributed by atoms with Crippen molar-refractivity contribution in [3.05, 3.63) is 28.0 Å². The van der Waals surface area contributed by atoms with Crippen LogP contribution in [-0.4, -0.2) is 25.9 Å². The van der Waals surface area contributed by atoms with Crippen LogP contribution < -0.4 is 5.32 Å². The van der Waals surface area contributed by atoms with Gasteiger partial charge in [0, 0.05) is 12.1 Å². The molecular formula is C13H15BrF3NO4S. The molecule has 1 N–H and O–H groups in total. The van der Waals surface area contributed by atoms with Gasteiger partial charge in [-0.25, -0.2) is 17.6 Å². The Morgan fingerprint density at radius 3 is 2.39 bits per heavy atom. The molecule has 1 aromatic rings. The Bertz CT molecular complexity index is 702. The fourth-order valence-corrected chi connectivity index (χ4v) is 3.16.